The van der Waals surface area contributed by atoms with E-state index < -0.39 is 5.97 Å². The van der Waals surface area contributed by atoms with Crippen molar-refractivity contribution in [3.05, 3.63) is 34.4 Å². The second-order valence-electron chi connectivity index (χ2n) is 6.06. The predicted molar refractivity (Wildman–Crippen MR) is 95.0 cm³/mol. The predicted octanol–water partition coefficient (Wildman–Crippen LogP) is 2.98. The monoisotopic (exact) mass is 393 g/mol. The number of hydrogen-bond donors (Lipinski definition) is 3. The Hall–Kier alpha value is -2.02. The lowest BCUT2D eigenvalue weighted by Gasteiger charge is -2.30. The number of carboxylic acid groups (broad SMARTS) is 1. The van der Waals surface area contributed by atoms with Crippen molar-refractivity contribution in [1.29, 1.82) is 0 Å². The van der Waals surface area contributed by atoms with Crippen LogP contribution in [0.3, 0.4) is 0 Å². The van der Waals surface area contributed by atoms with Crippen LogP contribution in [0.1, 0.15) is 18.4 Å². The number of piperidine rings is 1. The van der Waals surface area contributed by atoms with E-state index in [4.69, 9.17) is 5.11 Å². The van der Waals surface area contributed by atoms with Crippen LogP contribution in [-0.2, 0) is 11.2 Å². The molecule has 2 aromatic rings. The summed E-state index contributed by atoms with van der Waals surface area (Å²) < 4.78 is 1.04. The van der Waals surface area contributed by atoms with Crippen LogP contribution < -0.4 is 5.32 Å². The third kappa shape index (κ3) is 3.56. The minimum absolute atomic E-state index is 0.113. The maximum Gasteiger partial charge on any atom is 0.317 e. The van der Waals surface area contributed by atoms with Gasteiger partial charge in [-0.25, -0.2) is 4.79 Å². The van der Waals surface area contributed by atoms with Crippen molar-refractivity contribution in [2.45, 2.75) is 19.3 Å². The standard InChI is InChI=1S/C17H20BrN3O3/c18-13-2-1-3-14-15(13)12(10-20-14)4-7-19-17(24)21-8-5-11(6-9-21)16(22)23/h1-3,10-11,20H,4-9H2,(H,19,24)(H,22,23). The van der Waals surface area contributed by atoms with Crippen LogP contribution in [0, 0.1) is 5.92 Å². The molecule has 0 spiro atoms. The first kappa shape index (κ1) is 16.8. The van der Waals surface area contributed by atoms with Crippen LogP contribution in [0.4, 0.5) is 4.79 Å². The summed E-state index contributed by atoms with van der Waals surface area (Å²) in [4.78, 5) is 28.1. The number of urea groups is 1. The normalized spacial score (nSPS) is 15.6. The summed E-state index contributed by atoms with van der Waals surface area (Å²) in [6.07, 6.45) is 3.76. The number of carbonyl (C=O) groups excluding carboxylic acids is 1. The van der Waals surface area contributed by atoms with Gasteiger partial charge >= 0.3 is 12.0 Å². The molecule has 0 saturated carbocycles. The molecule has 0 bridgehead atoms. The highest BCUT2D eigenvalue weighted by Crippen LogP contribution is 2.27. The fraction of sp³-hybridized carbons (Fsp3) is 0.412. The van der Waals surface area contributed by atoms with Gasteiger partial charge in [-0.2, -0.15) is 0 Å². The molecule has 1 fully saturated rings. The van der Waals surface area contributed by atoms with Crippen molar-refractivity contribution in [2.24, 2.45) is 5.92 Å². The van der Waals surface area contributed by atoms with Crippen molar-refractivity contribution in [1.82, 2.24) is 15.2 Å². The Kier molecular flexibility index (Phi) is 5.08. The number of amides is 2. The summed E-state index contributed by atoms with van der Waals surface area (Å²) >= 11 is 3.56. The Morgan fingerprint density at radius 2 is 2.08 bits per heavy atom. The zero-order chi connectivity index (χ0) is 17.1. The molecule has 3 N–H and O–H groups in total. The van der Waals surface area contributed by atoms with Crippen molar-refractivity contribution in [2.75, 3.05) is 19.6 Å². The average molecular weight is 394 g/mol. The Morgan fingerprint density at radius 3 is 2.79 bits per heavy atom. The van der Waals surface area contributed by atoms with Gasteiger partial charge in [0, 0.05) is 41.2 Å². The number of halogens is 1. The molecule has 2 amide bonds. The van der Waals surface area contributed by atoms with Gasteiger partial charge in [-0.15, -0.1) is 0 Å². The molecule has 2 heterocycles. The number of fused-ring (bicyclic) bond motifs is 1. The quantitative estimate of drug-likeness (QED) is 0.746. The average Bonchev–Trinajstić information content (AvgIpc) is 2.99. The van der Waals surface area contributed by atoms with E-state index in [0.29, 0.717) is 32.5 Å². The van der Waals surface area contributed by atoms with E-state index in [1.54, 1.807) is 4.90 Å². The largest absolute Gasteiger partial charge is 0.481 e. The molecule has 0 radical (unpaired) electrons. The zero-order valence-corrected chi connectivity index (χ0v) is 14.8. The number of carbonyl (C=O) groups is 2. The van der Waals surface area contributed by atoms with Gasteiger partial charge in [0.15, 0.2) is 0 Å². The topological polar surface area (TPSA) is 85.4 Å². The summed E-state index contributed by atoms with van der Waals surface area (Å²) in [5.74, 6) is -1.09. The summed E-state index contributed by atoms with van der Waals surface area (Å²) in [7, 11) is 0. The van der Waals surface area contributed by atoms with E-state index in [1.807, 2.05) is 24.4 Å². The first-order valence-electron chi connectivity index (χ1n) is 8.06. The lowest BCUT2D eigenvalue weighted by Crippen LogP contribution is -2.45. The van der Waals surface area contributed by atoms with E-state index in [2.05, 4.69) is 26.2 Å². The molecule has 0 atom stereocenters. The fourth-order valence-corrected chi connectivity index (χ4v) is 3.77. The molecule has 128 valence electrons. The van der Waals surface area contributed by atoms with Gasteiger partial charge in [0.05, 0.1) is 5.92 Å². The number of benzene rings is 1. The van der Waals surface area contributed by atoms with E-state index in [1.165, 1.54) is 0 Å². The van der Waals surface area contributed by atoms with Crippen LogP contribution in [0.15, 0.2) is 28.9 Å². The number of likely N-dealkylation sites (tertiary alicyclic amines) is 1. The third-order valence-electron chi connectivity index (χ3n) is 4.54. The fourth-order valence-electron chi connectivity index (χ4n) is 3.15. The van der Waals surface area contributed by atoms with E-state index in [-0.39, 0.29) is 11.9 Å². The molecule has 0 unspecified atom stereocenters. The highest BCUT2D eigenvalue weighted by atomic mass is 79.9. The Labute approximate surface area is 148 Å². The summed E-state index contributed by atoms with van der Waals surface area (Å²) in [5, 5.41) is 13.1. The molecule has 24 heavy (non-hydrogen) atoms. The first-order chi connectivity index (χ1) is 11.6. The molecule has 1 saturated heterocycles. The Bertz CT molecular complexity index is 751. The number of aromatic amines is 1. The lowest BCUT2D eigenvalue weighted by atomic mass is 9.97. The summed E-state index contributed by atoms with van der Waals surface area (Å²) in [6, 6.07) is 5.90. The van der Waals surface area contributed by atoms with Crippen LogP contribution >= 0.6 is 15.9 Å². The van der Waals surface area contributed by atoms with Crippen molar-refractivity contribution >= 4 is 38.8 Å². The highest BCUT2D eigenvalue weighted by Gasteiger charge is 2.26. The van der Waals surface area contributed by atoms with Gasteiger partial charge in [-0.3, -0.25) is 4.79 Å². The number of nitrogens with one attached hydrogen (secondary N) is 2. The number of carboxylic acids is 1. The van der Waals surface area contributed by atoms with Gasteiger partial charge < -0.3 is 20.3 Å². The number of aromatic nitrogens is 1. The molecule has 1 aliphatic heterocycles. The van der Waals surface area contributed by atoms with Gasteiger partial charge in [-0.05, 0) is 37.0 Å². The van der Waals surface area contributed by atoms with Crippen molar-refractivity contribution in [3.8, 4) is 0 Å². The molecule has 1 aliphatic rings. The highest BCUT2D eigenvalue weighted by molar-refractivity contribution is 9.10. The van der Waals surface area contributed by atoms with Crippen LogP contribution in [0.5, 0.6) is 0 Å². The molecule has 1 aromatic heterocycles. The van der Waals surface area contributed by atoms with Gasteiger partial charge in [0.2, 0.25) is 0 Å². The molecular weight excluding hydrogens is 374 g/mol. The number of hydrogen-bond acceptors (Lipinski definition) is 2. The SMILES string of the molecule is O=C(O)C1CCN(C(=O)NCCc2c[nH]c3cccc(Br)c23)CC1. The van der Waals surface area contributed by atoms with E-state index in [0.717, 1.165) is 27.4 Å². The Balaban J connectivity index is 1.51. The van der Waals surface area contributed by atoms with Gasteiger partial charge in [0.25, 0.3) is 0 Å². The summed E-state index contributed by atoms with van der Waals surface area (Å²) in [6.45, 7) is 1.55. The van der Waals surface area contributed by atoms with E-state index in [9.17, 15) is 9.59 Å². The first-order valence-corrected chi connectivity index (χ1v) is 8.85. The minimum Gasteiger partial charge on any atom is -0.481 e. The lowest BCUT2D eigenvalue weighted by molar-refractivity contribution is -0.143. The molecule has 1 aromatic carbocycles. The molecular formula is C17H20BrN3O3. The van der Waals surface area contributed by atoms with Crippen LogP contribution in [0.25, 0.3) is 10.9 Å². The van der Waals surface area contributed by atoms with Crippen molar-refractivity contribution in [3.63, 3.8) is 0 Å². The molecule has 3 rings (SSSR count). The maximum atomic E-state index is 12.2. The Morgan fingerprint density at radius 1 is 1.33 bits per heavy atom. The molecule has 0 aliphatic carbocycles. The zero-order valence-electron chi connectivity index (χ0n) is 13.2. The number of H-pyrrole nitrogens is 1. The second kappa shape index (κ2) is 7.25. The van der Waals surface area contributed by atoms with Crippen molar-refractivity contribution < 1.29 is 14.7 Å². The molecule has 7 heteroatoms. The maximum absolute atomic E-state index is 12.2. The van der Waals surface area contributed by atoms with Gasteiger partial charge in [-0.1, -0.05) is 22.0 Å². The summed E-state index contributed by atoms with van der Waals surface area (Å²) in [5.41, 5.74) is 2.23. The number of aliphatic carboxylic acids is 1. The molecule has 6 nitrogen and oxygen atoms in total. The number of nitrogens with zero attached hydrogens (tertiary/aromatic N) is 1. The van der Waals surface area contributed by atoms with Crippen LogP contribution in [-0.4, -0.2) is 46.6 Å². The second-order valence-corrected chi connectivity index (χ2v) is 6.91. The minimum atomic E-state index is -0.764. The third-order valence-corrected chi connectivity index (χ3v) is 5.20. The van der Waals surface area contributed by atoms with Crippen LogP contribution in [0.2, 0.25) is 0 Å². The van der Waals surface area contributed by atoms with E-state index >= 15 is 0 Å². The van der Waals surface area contributed by atoms with Gasteiger partial charge in [0.1, 0.15) is 0 Å². The number of rotatable bonds is 4. The smallest absolute Gasteiger partial charge is 0.317 e.